The van der Waals surface area contributed by atoms with Crippen LogP contribution in [0, 0.1) is 6.92 Å². The maximum atomic E-state index is 13.1. The molecule has 6 nitrogen and oxygen atoms in total. The molecule has 1 N–H and O–H groups in total. The molecule has 0 fully saturated rings. The highest BCUT2D eigenvalue weighted by molar-refractivity contribution is 6.30. The average Bonchev–Trinajstić information content (AvgIpc) is 2.84. The summed E-state index contributed by atoms with van der Waals surface area (Å²) >= 11 is 6.38. The fourth-order valence-electron chi connectivity index (χ4n) is 5.05. The summed E-state index contributed by atoms with van der Waals surface area (Å²) in [6, 6.07) is 12.6. The van der Waals surface area contributed by atoms with Crippen molar-refractivity contribution in [2.24, 2.45) is 0 Å². The molecule has 2 aliphatic carbocycles. The number of benzene rings is 2. The van der Waals surface area contributed by atoms with E-state index in [1.807, 2.05) is 31.2 Å². The second-order valence-corrected chi connectivity index (χ2v) is 9.53. The molecule has 1 amide bonds. The number of hydrogen-bond acceptors (Lipinski definition) is 5. The highest BCUT2D eigenvalue weighted by atomic mass is 35.5. The van der Waals surface area contributed by atoms with Crippen LogP contribution in [0.4, 0.5) is 5.69 Å². The van der Waals surface area contributed by atoms with Gasteiger partial charge in [0.1, 0.15) is 17.3 Å². The van der Waals surface area contributed by atoms with Crippen molar-refractivity contribution in [1.29, 1.82) is 0 Å². The largest absolute Gasteiger partial charge is 0.483 e. The van der Waals surface area contributed by atoms with Gasteiger partial charge >= 0.3 is 0 Å². The van der Waals surface area contributed by atoms with Crippen LogP contribution in [0.15, 0.2) is 65.1 Å². The molecule has 0 unspecified atom stereocenters. The number of rotatable bonds is 5. The molecule has 0 aromatic heterocycles. The summed E-state index contributed by atoms with van der Waals surface area (Å²) in [5.41, 5.74) is 3.30. The highest BCUT2D eigenvalue weighted by Gasteiger charge is 2.42. The van der Waals surface area contributed by atoms with Gasteiger partial charge < -0.3 is 14.8 Å². The summed E-state index contributed by atoms with van der Waals surface area (Å²) < 4.78 is 12.1. The number of amides is 1. The minimum atomic E-state index is -0.609. The molecular weight excluding hydrogens is 466 g/mol. The van der Waals surface area contributed by atoms with E-state index in [9.17, 15) is 14.4 Å². The molecule has 0 saturated heterocycles. The molecule has 2 aromatic rings. The van der Waals surface area contributed by atoms with E-state index in [0.29, 0.717) is 70.4 Å². The number of ether oxygens (including phenoxy) is 2. The van der Waals surface area contributed by atoms with Crippen LogP contribution >= 0.6 is 11.6 Å². The molecule has 0 saturated carbocycles. The Morgan fingerprint density at radius 1 is 1.00 bits per heavy atom. The number of halogens is 1. The van der Waals surface area contributed by atoms with Crippen molar-refractivity contribution in [1.82, 2.24) is 0 Å². The zero-order chi connectivity index (χ0) is 24.5. The predicted molar refractivity (Wildman–Crippen MR) is 132 cm³/mol. The number of carbonyl (C=O) groups excluding carboxylic acids is 3. The highest BCUT2D eigenvalue weighted by Crippen LogP contribution is 2.50. The molecule has 1 aliphatic heterocycles. The summed E-state index contributed by atoms with van der Waals surface area (Å²) in [5, 5.41) is 3.32. The van der Waals surface area contributed by atoms with Crippen LogP contribution in [0.2, 0.25) is 5.02 Å². The molecule has 180 valence electrons. The number of ketones is 2. The van der Waals surface area contributed by atoms with Crippen molar-refractivity contribution in [2.75, 3.05) is 11.9 Å². The van der Waals surface area contributed by atoms with E-state index < -0.39 is 5.92 Å². The Morgan fingerprint density at radius 2 is 1.66 bits per heavy atom. The zero-order valence-electron chi connectivity index (χ0n) is 19.5. The van der Waals surface area contributed by atoms with E-state index in [0.717, 1.165) is 18.4 Å². The van der Waals surface area contributed by atoms with Crippen LogP contribution in [0.1, 0.15) is 55.6 Å². The predicted octanol–water partition coefficient (Wildman–Crippen LogP) is 5.79. The van der Waals surface area contributed by atoms with Crippen LogP contribution in [0.5, 0.6) is 5.75 Å². The maximum Gasteiger partial charge on any atom is 0.262 e. The first-order valence-electron chi connectivity index (χ1n) is 11.9. The van der Waals surface area contributed by atoms with Gasteiger partial charge in [0.15, 0.2) is 18.2 Å². The second kappa shape index (κ2) is 9.70. The minimum Gasteiger partial charge on any atom is -0.483 e. The smallest absolute Gasteiger partial charge is 0.262 e. The first kappa shape index (κ1) is 23.4. The van der Waals surface area contributed by atoms with Crippen molar-refractivity contribution >= 4 is 34.8 Å². The van der Waals surface area contributed by atoms with Crippen LogP contribution in [0.25, 0.3) is 0 Å². The first-order chi connectivity index (χ1) is 16.9. The van der Waals surface area contributed by atoms with Crippen LogP contribution < -0.4 is 10.1 Å². The Bertz CT molecular complexity index is 1250. The van der Waals surface area contributed by atoms with Crippen molar-refractivity contribution in [3.05, 3.63) is 81.3 Å². The number of carbonyl (C=O) groups is 3. The van der Waals surface area contributed by atoms with E-state index >= 15 is 0 Å². The summed E-state index contributed by atoms with van der Waals surface area (Å²) in [6.07, 6.45) is 3.56. The molecule has 5 rings (SSSR count). The number of nitrogens with one attached hydrogen (secondary N) is 1. The topological polar surface area (TPSA) is 81.7 Å². The monoisotopic (exact) mass is 491 g/mol. The van der Waals surface area contributed by atoms with Gasteiger partial charge in [0, 0.05) is 53.1 Å². The zero-order valence-corrected chi connectivity index (χ0v) is 20.2. The Morgan fingerprint density at radius 3 is 2.31 bits per heavy atom. The Kier molecular flexibility index (Phi) is 6.48. The SMILES string of the molecule is Cc1ccccc1NC(=O)COc1ccc(Cl)cc1C1C2=C(CCCC2=O)OC2=C1C(=O)CCC2. The van der Waals surface area contributed by atoms with Crippen LogP contribution in [-0.4, -0.2) is 24.1 Å². The summed E-state index contributed by atoms with van der Waals surface area (Å²) in [5.74, 6) is 0.730. The van der Waals surface area contributed by atoms with Gasteiger partial charge in [0.2, 0.25) is 0 Å². The Balaban J connectivity index is 1.49. The number of anilines is 1. The number of Topliss-reactive ketones (excluding diaryl/α,β-unsaturated/α-hetero) is 2. The van der Waals surface area contributed by atoms with Gasteiger partial charge in [-0.25, -0.2) is 0 Å². The summed E-state index contributed by atoms with van der Waals surface area (Å²) in [6.45, 7) is 1.68. The van der Waals surface area contributed by atoms with Gasteiger partial charge in [-0.1, -0.05) is 29.8 Å². The standard InChI is InChI=1S/C28H26ClNO5/c1-16-6-2-3-7-19(16)30-25(33)15-34-22-13-12-17(29)14-18(22)26-27-20(31)8-4-10-23(27)35-24-11-5-9-21(32)28(24)26/h2-3,6-7,12-14,26H,4-5,8-11,15H2,1H3,(H,30,33). The van der Waals surface area contributed by atoms with Crippen LogP contribution in [-0.2, 0) is 19.1 Å². The fourth-order valence-corrected chi connectivity index (χ4v) is 5.23. The average molecular weight is 492 g/mol. The third kappa shape index (κ3) is 4.63. The molecule has 1 heterocycles. The molecule has 0 bridgehead atoms. The molecule has 0 spiro atoms. The van der Waals surface area contributed by atoms with E-state index in [-0.39, 0.29) is 24.1 Å². The van der Waals surface area contributed by atoms with Gasteiger partial charge in [-0.05, 0) is 49.6 Å². The van der Waals surface area contributed by atoms with Crippen molar-refractivity contribution in [2.45, 2.75) is 51.4 Å². The number of aryl methyl sites for hydroxylation is 1. The van der Waals surface area contributed by atoms with E-state index in [1.165, 1.54) is 0 Å². The second-order valence-electron chi connectivity index (χ2n) is 9.10. The van der Waals surface area contributed by atoms with Crippen molar-refractivity contribution in [3.8, 4) is 5.75 Å². The van der Waals surface area contributed by atoms with Crippen molar-refractivity contribution in [3.63, 3.8) is 0 Å². The quantitative estimate of drug-likeness (QED) is 0.572. The maximum absolute atomic E-state index is 13.1. The number of allylic oxidation sites excluding steroid dienone is 4. The molecule has 7 heteroatoms. The van der Waals surface area contributed by atoms with Gasteiger partial charge in [-0.15, -0.1) is 0 Å². The molecule has 35 heavy (non-hydrogen) atoms. The van der Waals surface area contributed by atoms with Gasteiger partial charge in [0.25, 0.3) is 5.91 Å². The van der Waals surface area contributed by atoms with Gasteiger partial charge in [0.05, 0.1) is 5.92 Å². The number of para-hydroxylation sites is 1. The summed E-state index contributed by atoms with van der Waals surface area (Å²) in [4.78, 5) is 38.8. The fraction of sp³-hybridized carbons (Fsp3) is 0.321. The molecule has 2 aromatic carbocycles. The van der Waals surface area contributed by atoms with E-state index in [2.05, 4.69) is 5.32 Å². The summed E-state index contributed by atoms with van der Waals surface area (Å²) in [7, 11) is 0. The van der Waals surface area contributed by atoms with Gasteiger partial charge in [-0.2, -0.15) is 0 Å². The molecule has 3 aliphatic rings. The normalized spacial score (nSPS) is 18.1. The lowest BCUT2D eigenvalue weighted by Crippen LogP contribution is -2.30. The molecule has 0 radical (unpaired) electrons. The molecule has 0 atom stereocenters. The minimum absolute atomic E-state index is 0.0237. The van der Waals surface area contributed by atoms with Crippen molar-refractivity contribution < 1.29 is 23.9 Å². The van der Waals surface area contributed by atoms with Crippen LogP contribution in [0.3, 0.4) is 0 Å². The third-order valence-electron chi connectivity index (χ3n) is 6.70. The van der Waals surface area contributed by atoms with E-state index in [1.54, 1.807) is 18.2 Å². The van der Waals surface area contributed by atoms with Gasteiger partial charge in [-0.3, -0.25) is 14.4 Å². The Labute approximate surface area is 208 Å². The first-order valence-corrected chi connectivity index (χ1v) is 12.3. The number of hydrogen-bond donors (Lipinski definition) is 1. The molecular formula is C28H26ClNO5. The lowest BCUT2D eigenvalue weighted by molar-refractivity contribution is -0.119. The lowest BCUT2D eigenvalue weighted by Gasteiger charge is -2.36. The van der Waals surface area contributed by atoms with E-state index in [4.69, 9.17) is 21.1 Å². The lowest BCUT2D eigenvalue weighted by atomic mass is 9.73. The Hall–Kier alpha value is -3.38. The third-order valence-corrected chi connectivity index (χ3v) is 6.94.